The zero-order chi connectivity index (χ0) is 17.7. The Balaban J connectivity index is 2.23. The molecule has 1 heterocycles. The van der Waals surface area contributed by atoms with Gasteiger partial charge in [0.05, 0.1) is 4.92 Å². The van der Waals surface area contributed by atoms with E-state index in [2.05, 4.69) is 5.32 Å². The Morgan fingerprint density at radius 1 is 1.29 bits per heavy atom. The third-order valence-corrected chi connectivity index (χ3v) is 4.14. The Morgan fingerprint density at radius 3 is 2.50 bits per heavy atom. The number of nitro groups is 1. The van der Waals surface area contributed by atoms with Gasteiger partial charge in [-0.05, 0) is 49.8 Å². The van der Waals surface area contributed by atoms with Crippen LogP contribution in [0.3, 0.4) is 0 Å². The quantitative estimate of drug-likeness (QED) is 0.387. The van der Waals surface area contributed by atoms with Crippen molar-refractivity contribution in [3.8, 4) is 16.5 Å². The molecule has 1 N–H and O–H groups in total. The van der Waals surface area contributed by atoms with Crippen LogP contribution < -0.4 is 5.32 Å². The van der Waals surface area contributed by atoms with Gasteiger partial charge < -0.3 is 5.32 Å². The third kappa shape index (κ3) is 4.27. The molecule has 2 aromatic rings. The minimum absolute atomic E-state index is 0.0348. The van der Waals surface area contributed by atoms with Crippen LogP contribution in [0.1, 0.15) is 18.7 Å². The summed E-state index contributed by atoms with van der Waals surface area (Å²) in [7, 11) is 0. The summed E-state index contributed by atoms with van der Waals surface area (Å²) >= 11 is 1.40. The highest BCUT2D eigenvalue weighted by atomic mass is 32.1. The summed E-state index contributed by atoms with van der Waals surface area (Å²) in [5.41, 5.74) is 0.920. The van der Waals surface area contributed by atoms with Crippen molar-refractivity contribution >= 4 is 29.0 Å². The number of carbonyl (C=O) groups excluding carboxylic acids is 1. The first kappa shape index (κ1) is 17.4. The molecule has 6 nitrogen and oxygen atoms in total. The average molecular weight is 341 g/mol. The van der Waals surface area contributed by atoms with E-state index in [1.807, 2.05) is 26.0 Å². The largest absolute Gasteiger partial charge is 0.349 e. The second-order valence-corrected chi connectivity index (χ2v) is 6.42. The van der Waals surface area contributed by atoms with Crippen molar-refractivity contribution in [2.45, 2.75) is 19.9 Å². The molecule has 1 amide bonds. The highest BCUT2D eigenvalue weighted by molar-refractivity contribution is 7.16. The van der Waals surface area contributed by atoms with Gasteiger partial charge in [0.25, 0.3) is 11.6 Å². The minimum Gasteiger partial charge on any atom is -0.349 e. The molecule has 0 bridgehead atoms. The summed E-state index contributed by atoms with van der Waals surface area (Å²) in [5, 5.41) is 22.5. The lowest BCUT2D eigenvalue weighted by molar-refractivity contribution is -0.384. The maximum atomic E-state index is 11.9. The fraction of sp³-hybridized carbons (Fsp3) is 0.176. The molecule has 0 aliphatic carbocycles. The van der Waals surface area contributed by atoms with Crippen molar-refractivity contribution in [3.05, 3.63) is 57.0 Å². The topological polar surface area (TPSA) is 96.0 Å². The maximum Gasteiger partial charge on any atom is 0.269 e. The Labute approximate surface area is 143 Å². The number of nitrogens with one attached hydrogen (secondary N) is 1. The molecule has 0 unspecified atom stereocenters. The zero-order valence-electron chi connectivity index (χ0n) is 13.1. The molecule has 0 fully saturated rings. The summed E-state index contributed by atoms with van der Waals surface area (Å²) in [6.07, 6.45) is 1.54. The van der Waals surface area contributed by atoms with E-state index in [4.69, 9.17) is 5.26 Å². The molecule has 0 saturated carbocycles. The van der Waals surface area contributed by atoms with E-state index in [0.717, 1.165) is 15.3 Å². The first-order chi connectivity index (χ1) is 11.4. The number of benzene rings is 1. The van der Waals surface area contributed by atoms with Crippen LogP contribution in [0.4, 0.5) is 5.69 Å². The smallest absolute Gasteiger partial charge is 0.269 e. The second kappa shape index (κ2) is 7.53. The van der Waals surface area contributed by atoms with Gasteiger partial charge in [-0.25, -0.2) is 0 Å². The number of nitriles is 1. The zero-order valence-corrected chi connectivity index (χ0v) is 14.0. The molecule has 0 saturated heterocycles. The van der Waals surface area contributed by atoms with Gasteiger partial charge in [0.15, 0.2) is 0 Å². The predicted molar refractivity (Wildman–Crippen MR) is 93.3 cm³/mol. The fourth-order valence-corrected chi connectivity index (χ4v) is 2.92. The highest BCUT2D eigenvalue weighted by Gasteiger charge is 2.11. The summed E-state index contributed by atoms with van der Waals surface area (Å²) in [6, 6.07) is 11.8. The highest BCUT2D eigenvalue weighted by Crippen LogP contribution is 2.30. The van der Waals surface area contributed by atoms with Gasteiger partial charge in [-0.1, -0.05) is 0 Å². The summed E-state index contributed by atoms with van der Waals surface area (Å²) < 4.78 is 0. The van der Waals surface area contributed by atoms with Crippen LogP contribution in [-0.2, 0) is 4.79 Å². The van der Waals surface area contributed by atoms with Gasteiger partial charge in [-0.2, -0.15) is 5.26 Å². The van der Waals surface area contributed by atoms with Gasteiger partial charge in [0, 0.05) is 27.9 Å². The van der Waals surface area contributed by atoms with Crippen LogP contribution in [0.5, 0.6) is 0 Å². The number of hydrogen-bond donors (Lipinski definition) is 1. The van der Waals surface area contributed by atoms with E-state index >= 15 is 0 Å². The van der Waals surface area contributed by atoms with Gasteiger partial charge in [-0.3, -0.25) is 14.9 Å². The van der Waals surface area contributed by atoms with Crippen molar-refractivity contribution in [2.75, 3.05) is 0 Å². The van der Waals surface area contributed by atoms with Crippen LogP contribution in [-0.4, -0.2) is 16.9 Å². The van der Waals surface area contributed by atoms with E-state index < -0.39 is 10.8 Å². The Kier molecular flexibility index (Phi) is 5.45. The monoisotopic (exact) mass is 341 g/mol. The normalized spacial score (nSPS) is 11.2. The average Bonchev–Trinajstić information content (AvgIpc) is 3.00. The lowest BCUT2D eigenvalue weighted by atomic mass is 10.2. The number of rotatable bonds is 5. The summed E-state index contributed by atoms with van der Waals surface area (Å²) in [5.74, 6) is -0.405. The number of thiophene rings is 1. The minimum atomic E-state index is -0.446. The molecule has 0 spiro atoms. The summed E-state index contributed by atoms with van der Waals surface area (Å²) in [4.78, 5) is 23.8. The molecule has 7 heteroatoms. The Bertz CT molecular complexity index is 830. The Hall–Kier alpha value is -2.98. The predicted octanol–water partition coefficient (Wildman–Crippen LogP) is 3.75. The van der Waals surface area contributed by atoms with Gasteiger partial charge in [0.1, 0.15) is 11.6 Å². The number of amides is 1. The van der Waals surface area contributed by atoms with Gasteiger partial charge in [0.2, 0.25) is 0 Å². The number of nitro benzene ring substituents is 1. The lowest BCUT2D eigenvalue weighted by Crippen LogP contribution is -2.30. The molecule has 0 aliphatic rings. The van der Waals surface area contributed by atoms with Crippen LogP contribution in [0, 0.1) is 21.4 Å². The van der Waals surface area contributed by atoms with Crippen LogP contribution in [0.15, 0.2) is 42.0 Å². The second-order valence-electron chi connectivity index (χ2n) is 5.30. The van der Waals surface area contributed by atoms with E-state index in [-0.39, 0.29) is 17.3 Å². The molecule has 122 valence electrons. The molecule has 0 radical (unpaired) electrons. The van der Waals surface area contributed by atoms with Crippen LogP contribution >= 0.6 is 11.3 Å². The van der Waals surface area contributed by atoms with Crippen molar-refractivity contribution in [2.24, 2.45) is 0 Å². The van der Waals surface area contributed by atoms with Crippen molar-refractivity contribution in [3.63, 3.8) is 0 Å². The van der Waals surface area contributed by atoms with E-state index in [0.29, 0.717) is 0 Å². The van der Waals surface area contributed by atoms with E-state index in [1.54, 1.807) is 18.2 Å². The molecule has 0 aliphatic heterocycles. The molecular formula is C17H15N3O3S. The fourth-order valence-electron chi connectivity index (χ4n) is 1.96. The maximum absolute atomic E-state index is 11.9. The number of nitrogens with zero attached hydrogens (tertiary/aromatic N) is 2. The molecule has 1 aromatic heterocycles. The Morgan fingerprint density at radius 2 is 1.96 bits per heavy atom. The standard InChI is InChI=1S/C17H15N3O3S/c1-11(2)19-17(21)13(10-18)9-15-7-8-16(24-15)12-3-5-14(6-4-12)20(22)23/h3-9,11H,1-2H3,(H,19,21)/b13-9+. The number of carbonyl (C=O) groups is 1. The molecule has 2 rings (SSSR count). The van der Waals surface area contributed by atoms with Crippen LogP contribution in [0.25, 0.3) is 16.5 Å². The lowest BCUT2D eigenvalue weighted by Gasteiger charge is -2.06. The SMILES string of the molecule is CC(C)NC(=O)/C(C#N)=C/c1ccc(-c2ccc([N+](=O)[O-])cc2)s1. The summed E-state index contributed by atoms with van der Waals surface area (Å²) in [6.45, 7) is 3.65. The first-order valence-corrected chi connectivity index (χ1v) is 7.99. The molecular weight excluding hydrogens is 326 g/mol. The third-order valence-electron chi connectivity index (χ3n) is 3.06. The number of hydrogen-bond acceptors (Lipinski definition) is 5. The first-order valence-electron chi connectivity index (χ1n) is 7.18. The molecule has 24 heavy (non-hydrogen) atoms. The van der Waals surface area contributed by atoms with Gasteiger partial charge >= 0.3 is 0 Å². The van der Waals surface area contributed by atoms with Crippen molar-refractivity contribution in [1.29, 1.82) is 5.26 Å². The molecule has 1 aromatic carbocycles. The van der Waals surface area contributed by atoms with Gasteiger partial charge in [-0.15, -0.1) is 11.3 Å². The van der Waals surface area contributed by atoms with E-state index in [1.165, 1.54) is 29.5 Å². The van der Waals surface area contributed by atoms with Crippen molar-refractivity contribution in [1.82, 2.24) is 5.32 Å². The number of non-ortho nitro benzene ring substituents is 1. The molecule has 0 atom stereocenters. The van der Waals surface area contributed by atoms with Crippen molar-refractivity contribution < 1.29 is 9.72 Å². The van der Waals surface area contributed by atoms with E-state index in [9.17, 15) is 14.9 Å². The van der Waals surface area contributed by atoms with Crippen LogP contribution in [0.2, 0.25) is 0 Å².